The molecule has 21 nitrogen and oxygen atoms in total. The smallest absolute Gasteiger partial charge is 0.325 e. The van der Waals surface area contributed by atoms with Gasteiger partial charge >= 0.3 is 17.9 Å². The SMILES string of the molecule is C=CCOC(=O)CNC(=O)C(=O)C(CCC)NC(=O)C1CCCN1C(=O)C(NC(=O)C(NC(=O)C(CCC(=O)O)NC(=O)C(CCC(=O)O)NC(C)=O)C(C)C)C(C)C. The fourth-order valence-corrected chi connectivity index (χ4v) is 6.04. The highest BCUT2D eigenvalue weighted by Gasteiger charge is 2.41. The molecule has 0 aromatic rings. The molecule has 1 aliphatic heterocycles. The minimum atomic E-state index is -1.53. The van der Waals surface area contributed by atoms with E-state index in [1.165, 1.54) is 11.0 Å². The van der Waals surface area contributed by atoms with Gasteiger partial charge in [0.1, 0.15) is 43.4 Å². The summed E-state index contributed by atoms with van der Waals surface area (Å²) in [6, 6.07) is -7.79. The maximum atomic E-state index is 14.0. The lowest BCUT2D eigenvalue weighted by Gasteiger charge is -2.33. The van der Waals surface area contributed by atoms with Crippen LogP contribution in [0.25, 0.3) is 0 Å². The van der Waals surface area contributed by atoms with Crippen molar-refractivity contribution in [3.8, 4) is 0 Å². The van der Waals surface area contributed by atoms with E-state index in [0.717, 1.165) is 6.92 Å². The summed E-state index contributed by atoms with van der Waals surface area (Å²) in [7, 11) is 0. The molecule has 1 rings (SSSR count). The number of carboxylic acid groups (broad SMARTS) is 2. The van der Waals surface area contributed by atoms with Gasteiger partial charge in [0.15, 0.2) is 0 Å². The van der Waals surface area contributed by atoms with Crippen LogP contribution >= 0.6 is 0 Å². The number of nitrogens with zero attached hydrogens (tertiary/aromatic N) is 1. The zero-order valence-corrected chi connectivity index (χ0v) is 34.4. The second-order valence-corrected chi connectivity index (χ2v) is 14.7. The van der Waals surface area contributed by atoms with Crippen molar-refractivity contribution in [1.29, 1.82) is 0 Å². The maximum absolute atomic E-state index is 14.0. The largest absolute Gasteiger partial charge is 0.481 e. The average Bonchev–Trinajstić information content (AvgIpc) is 3.66. The number of hydrogen-bond acceptors (Lipinski definition) is 12. The molecule has 1 aliphatic rings. The average molecular weight is 838 g/mol. The molecule has 6 unspecified atom stereocenters. The first kappa shape index (κ1) is 51.1. The number of ether oxygens (including phenoxy) is 1. The number of Topliss-reactive ketones (excluding diaryl/α,β-unsaturated/α-hetero) is 1. The monoisotopic (exact) mass is 837 g/mol. The Morgan fingerprint density at radius 1 is 0.746 bits per heavy atom. The van der Waals surface area contributed by atoms with E-state index >= 15 is 0 Å². The van der Waals surface area contributed by atoms with Crippen LogP contribution in [0.15, 0.2) is 12.7 Å². The maximum Gasteiger partial charge on any atom is 0.325 e. The molecule has 0 radical (unpaired) electrons. The number of carbonyl (C=O) groups excluding carboxylic acids is 9. The van der Waals surface area contributed by atoms with Gasteiger partial charge in [-0.15, -0.1) is 0 Å². The standard InChI is InChI=1S/C38H59N7O14/c1-8-11-23(32(52)37(57)39-19-29(51)59-18-9-2)41-35(55)26-12-10-17-45(26)38(58)31(21(5)6)44-36(56)30(20(3)4)43-34(54)25(14-16-28(49)50)42-33(53)24(40-22(7)46)13-15-27(47)48/h9,20-21,23-26,30-31H,2,8,10-19H2,1,3-7H3,(H,39,57)(H,40,46)(H,41,55)(H,42,53)(H,43,54)(H,44,56)(H,47,48)(H,49,50). The predicted molar refractivity (Wildman–Crippen MR) is 208 cm³/mol. The first-order chi connectivity index (χ1) is 27.6. The van der Waals surface area contributed by atoms with Crippen molar-refractivity contribution in [3.05, 3.63) is 12.7 Å². The fourth-order valence-electron chi connectivity index (χ4n) is 6.04. The van der Waals surface area contributed by atoms with Crippen LogP contribution < -0.4 is 31.9 Å². The van der Waals surface area contributed by atoms with Crippen molar-refractivity contribution in [2.75, 3.05) is 19.7 Å². The molecular weight excluding hydrogens is 778 g/mol. The molecule has 6 atom stereocenters. The molecule has 1 fully saturated rings. The summed E-state index contributed by atoms with van der Waals surface area (Å²) in [6.07, 6.45) is 0.544. The summed E-state index contributed by atoms with van der Waals surface area (Å²) < 4.78 is 4.77. The van der Waals surface area contributed by atoms with Gasteiger partial charge in [0.25, 0.3) is 5.91 Å². The van der Waals surface area contributed by atoms with Crippen LogP contribution in [0.1, 0.15) is 92.9 Å². The lowest BCUT2D eigenvalue weighted by molar-refractivity contribution is -0.146. The van der Waals surface area contributed by atoms with E-state index in [2.05, 4.69) is 38.5 Å². The molecule has 0 spiro atoms. The van der Waals surface area contributed by atoms with E-state index < -0.39 is 139 Å². The zero-order chi connectivity index (χ0) is 45.0. The molecule has 330 valence electrons. The van der Waals surface area contributed by atoms with Crippen LogP contribution in [0.2, 0.25) is 0 Å². The van der Waals surface area contributed by atoms with Crippen molar-refractivity contribution >= 4 is 65.0 Å². The Hall–Kier alpha value is -5.89. The van der Waals surface area contributed by atoms with Gasteiger partial charge in [-0.1, -0.05) is 53.7 Å². The zero-order valence-electron chi connectivity index (χ0n) is 34.4. The van der Waals surface area contributed by atoms with Crippen LogP contribution in [0.3, 0.4) is 0 Å². The molecule has 1 heterocycles. The molecule has 0 aliphatic carbocycles. The highest BCUT2D eigenvalue weighted by molar-refractivity contribution is 6.38. The van der Waals surface area contributed by atoms with Gasteiger partial charge in [-0.05, 0) is 43.9 Å². The summed E-state index contributed by atoms with van der Waals surface area (Å²) in [5, 5.41) is 32.9. The van der Waals surface area contributed by atoms with Crippen molar-refractivity contribution in [1.82, 2.24) is 36.8 Å². The Labute approximate surface area is 342 Å². The second-order valence-electron chi connectivity index (χ2n) is 14.7. The predicted octanol–water partition coefficient (Wildman–Crippen LogP) is -1.32. The number of hydrogen-bond donors (Lipinski definition) is 8. The minimum absolute atomic E-state index is 0.0774. The van der Waals surface area contributed by atoms with Gasteiger partial charge < -0.3 is 51.8 Å². The summed E-state index contributed by atoms with van der Waals surface area (Å²) in [5.74, 6) is -11.4. The fraction of sp³-hybridized carbons (Fsp3) is 0.658. The number of carboxylic acids is 2. The van der Waals surface area contributed by atoms with Crippen LogP contribution in [0.4, 0.5) is 0 Å². The molecule has 0 aromatic carbocycles. The van der Waals surface area contributed by atoms with E-state index in [1.54, 1.807) is 34.6 Å². The van der Waals surface area contributed by atoms with E-state index in [4.69, 9.17) is 9.84 Å². The van der Waals surface area contributed by atoms with Crippen molar-refractivity contribution in [3.63, 3.8) is 0 Å². The van der Waals surface area contributed by atoms with Crippen molar-refractivity contribution < 1.29 is 67.7 Å². The van der Waals surface area contributed by atoms with E-state index in [-0.39, 0.29) is 32.4 Å². The van der Waals surface area contributed by atoms with Gasteiger partial charge in [0.2, 0.25) is 41.2 Å². The Morgan fingerprint density at radius 3 is 1.80 bits per heavy atom. The number of esters is 1. The molecule has 8 N–H and O–H groups in total. The number of rotatable bonds is 26. The highest BCUT2D eigenvalue weighted by atomic mass is 16.5. The second kappa shape index (κ2) is 25.5. The van der Waals surface area contributed by atoms with Gasteiger partial charge in [0, 0.05) is 26.3 Å². The quantitative estimate of drug-likeness (QED) is 0.0285. The first-order valence-electron chi connectivity index (χ1n) is 19.5. The van der Waals surface area contributed by atoms with E-state index in [0.29, 0.717) is 12.8 Å². The first-order valence-corrected chi connectivity index (χ1v) is 19.5. The molecular formula is C38H59N7O14. The van der Waals surface area contributed by atoms with Gasteiger partial charge in [-0.2, -0.15) is 0 Å². The number of likely N-dealkylation sites (tertiary alicyclic amines) is 1. The Kier molecular flexibility index (Phi) is 22.1. The number of nitrogens with one attached hydrogen (secondary N) is 6. The number of aliphatic carboxylic acids is 2. The van der Waals surface area contributed by atoms with E-state index in [9.17, 15) is 57.8 Å². The Morgan fingerprint density at radius 2 is 1.29 bits per heavy atom. The van der Waals surface area contributed by atoms with Gasteiger partial charge in [-0.25, -0.2) is 0 Å². The third-order valence-corrected chi connectivity index (χ3v) is 9.13. The lowest BCUT2D eigenvalue weighted by Crippen LogP contribution is -2.61. The lowest BCUT2D eigenvalue weighted by atomic mass is 9.98. The number of amides is 7. The van der Waals surface area contributed by atoms with Crippen molar-refractivity contribution in [2.45, 2.75) is 129 Å². The summed E-state index contributed by atoms with van der Waals surface area (Å²) in [5.41, 5.74) is 0. The number of ketones is 1. The molecule has 7 amide bonds. The highest BCUT2D eigenvalue weighted by Crippen LogP contribution is 2.21. The summed E-state index contributed by atoms with van der Waals surface area (Å²) >= 11 is 0. The molecule has 0 aromatic heterocycles. The topological polar surface area (TPSA) is 313 Å². The van der Waals surface area contributed by atoms with Gasteiger partial charge in [0.05, 0.1) is 6.04 Å². The minimum Gasteiger partial charge on any atom is -0.481 e. The van der Waals surface area contributed by atoms with Crippen LogP contribution in [-0.2, 0) is 57.5 Å². The molecule has 59 heavy (non-hydrogen) atoms. The third kappa shape index (κ3) is 17.6. The van der Waals surface area contributed by atoms with Crippen molar-refractivity contribution in [2.24, 2.45) is 11.8 Å². The molecule has 21 heteroatoms. The molecule has 1 saturated heterocycles. The van der Waals surface area contributed by atoms with E-state index in [1.807, 2.05) is 0 Å². The normalized spacial score (nSPS) is 16.0. The summed E-state index contributed by atoms with van der Waals surface area (Å²) in [4.78, 5) is 141. The van der Waals surface area contributed by atoms with Gasteiger partial charge in [-0.3, -0.25) is 52.7 Å². The molecule has 0 saturated carbocycles. The summed E-state index contributed by atoms with van der Waals surface area (Å²) in [6.45, 7) is 12.1. The Bertz CT molecular complexity index is 1580. The molecule has 0 bridgehead atoms. The third-order valence-electron chi connectivity index (χ3n) is 9.13. The van der Waals surface area contributed by atoms with Crippen LogP contribution in [0.5, 0.6) is 0 Å². The Balaban J connectivity index is 3.20. The van der Waals surface area contributed by atoms with Crippen LogP contribution in [-0.4, -0.2) is 136 Å². The number of carbonyl (C=O) groups is 11. The van der Waals surface area contributed by atoms with Crippen LogP contribution in [0, 0.1) is 11.8 Å².